The van der Waals surface area contributed by atoms with Gasteiger partial charge in [-0.1, -0.05) is 26.0 Å². The van der Waals surface area contributed by atoms with Gasteiger partial charge in [0.05, 0.1) is 59.3 Å². The van der Waals surface area contributed by atoms with Crippen LogP contribution in [0, 0.1) is 34.5 Å². The molecule has 0 radical (unpaired) electrons. The summed E-state index contributed by atoms with van der Waals surface area (Å²) in [6.07, 6.45) is -1.09. The molecular formula is C37H50N2O11. The lowest BCUT2D eigenvalue weighted by Gasteiger charge is -2.72. The van der Waals surface area contributed by atoms with Crippen molar-refractivity contribution in [3.63, 3.8) is 0 Å². The van der Waals surface area contributed by atoms with E-state index < -0.39 is 81.8 Å². The lowest BCUT2D eigenvalue weighted by molar-refractivity contribution is -0.357. The zero-order valence-corrected chi connectivity index (χ0v) is 29.7. The molecule has 1 spiro atoms. The van der Waals surface area contributed by atoms with Crippen LogP contribution in [0.25, 0.3) is 0 Å². The number of nitrogens with zero attached hydrogens (tertiary/aromatic N) is 2. The summed E-state index contributed by atoms with van der Waals surface area (Å²) < 4.78 is 31.0. The molecule has 1 aromatic rings. The van der Waals surface area contributed by atoms with E-state index in [9.17, 15) is 29.7 Å². The van der Waals surface area contributed by atoms with Crippen LogP contribution < -0.4 is 4.90 Å². The molecule has 0 unspecified atom stereocenters. The molecule has 13 nitrogen and oxygen atoms in total. The van der Waals surface area contributed by atoms with Crippen molar-refractivity contribution in [2.45, 2.75) is 93.2 Å². The predicted molar refractivity (Wildman–Crippen MR) is 176 cm³/mol. The van der Waals surface area contributed by atoms with Gasteiger partial charge in [0.25, 0.3) is 0 Å². The van der Waals surface area contributed by atoms with Crippen molar-refractivity contribution in [1.29, 1.82) is 0 Å². The number of ether oxygens (including phenoxy) is 5. The SMILES string of the molecule is CCN1C[C@]2(COC(=O)c3ccccc3N3C(=O)C[C@H](C)C3=O)CC[C@H](OC)[C@@]34[C@@H]2[C@H](OC)[C@](O)([C@@H]13)[C@@]1(O)C[C@H](OC)[C@H]2C[C@]4(O)[C@@H]1[C@H]2OC. The number of likely N-dealkylation sites (N-methyl/N-ethyl adjacent to an activating group) is 1. The van der Waals surface area contributed by atoms with Gasteiger partial charge >= 0.3 is 5.97 Å². The molecule has 7 bridgehead atoms. The van der Waals surface area contributed by atoms with E-state index in [1.54, 1.807) is 52.5 Å². The Morgan fingerprint density at radius 2 is 1.70 bits per heavy atom. The minimum atomic E-state index is -1.88. The lowest BCUT2D eigenvalue weighted by Crippen LogP contribution is -2.86. The largest absolute Gasteiger partial charge is 0.461 e. The first-order valence-corrected chi connectivity index (χ1v) is 18.0. The van der Waals surface area contributed by atoms with Crippen molar-refractivity contribution < 1.29 is 53.4 Å². The maximum Gasteiger partial charge on any atom is 0.340 e. The maximum atomic E-state index is 14.1. The van der Waals surface area contributed by atoms with Gasteiger partial charge in [0, 0.05) is 76.9 Å². The average Bonchev–Trinajstić information content (AvgIpc) is 3.60. The third kappa shape index (κ3) is 3.73. The number of amides is 2. The number of aliphatic hydroxyl groups is 3. The first-order valence-electron chi connectivity index (χ1n) is 18.0. The molecule has 2 heterocycles. The Balaban J connectivity index is 1.26. The highest BCUT2D eigenvalue weighted by Crippen LogP contribution is 2.81. The Hall–Kier alpha value is -2.49. The molecule has 2 saturated heterocycles. The van der Waals surface area contributed by atoms with Gasteiger partial charge in [0.1, 0.15) is 11.2 Å². The number of hydrogen-bond donors (Lipinski definition) is 3. The molecule has 2 amide bonds. The van der Waals surface area contributed by atoms with Gasteiger partial charge in [-0.15, -0.1) is 0 Å². The summed E-state index contributed by atoms with van der Waals surface area (Å²) in [5.41, 5.74) is -7.00. The van der Waals surface area contributed by atoms with Crippen LogP contribution in [-0.4, -0.2) is 133 Å². The summed E-state index contributed by atoms with van der Waals surface area (Å²) >= 11 is 0. The lowest BCUT2D eigenvalue weighted by atomic mass is 9.41. The van der Waals surface area contributed by atoms with E-state index in [1.165, 1.54) is 7.11 Å². The van der Waals surface area contributed by atoms with Crippen molar-refractivity contribution in [1.82, 2.24) is 4.90 Å². The molecule has 274 valence electrons. The highest BCUT2D eigenvalue weighted by molar-refractivity contribution is 6.22. The summed E-state index contributed by atoms with van der Waals surface area (Å²) in [4.78, 5) is 43.1. The normalized spacial score (nSPS) is 48.7. The van der Waals surface area contributed by atoms with E-state index in [4.69, 9.17) is 23.7 Å². The molecule has 7 fully saturated rings. The zero-order chi connectivity index (χ0) is 35.8. The number of methoxy groups -OCH3 is 4. The third-order valence-corrected chi connectivity index (χ3v) is 14.6. The maximum absolute atomic E-state index is 14.1. The summed E-state index contributed by atoms with van der Waals surface area (Å²) in [6, 6.07) is 5.71. The van der Waals surface area contributed by atoms with Crippen LogP contribution >= 0.6 is 0 Å². The van der Waals surface area contributed by atoms with Gasteiger partial charge < -0.3 is 39.0 Å². The van der Waals surface area contributed by atoms with Crippen LogP contribution in [0.1, 0.15) is 56.3 Å². The molecule has 50 heavy (non-hydrogen) atoms. The van der Waals surface area contributed by atoms with E-state index in [0.717, 1.165) is 4.90 Å². The first-order chi connectivity index (χ1) is 23.8. The van der Waals surface area contributed by atoms with E-state index >= 15 is 0 Å². The Labute approximate surface area is 292 Å². The zero-order valence-electron chi connectivity index (χ0n) is 29.7. The standard InChI is InChI=1S/C37H50N2O11/c1-7-38-17-33(18-50-31(42)20-10-8-9-11-22(20)39-25(40)14-19(2)30(39)41)13-12-24(47-4)36-28(33)29(49-6)37(45,32(36)38)35(44)16-23(46-3)21-15-34(36,43)27(35)26(21)48-5/h8-11,19,21,23-24,26-29,32,43-45H,7,12-18H2,1-6H3/t19-,21+,23-,24-,26-,27-,28+,29-,32-,33-,34-,35+,36+,37-/m0/s1. The van der Waals surface area contributed by atoms with Crippen molar-refractivity contribution in [3.05, 3.63) is 29.8 Å². The Bertz CT molecular complexity index is 1610. The number of carbonyl (C=O) groups is 3. The Kier molecular flexibility index (Phi) is 7.79. The predicted octanol–water partition coefficient (Wildman–Crippen LogP) is 1.15. The van der Waals surface area contributed by atoms with Gasteiger partial charge in [-0.2, -0.15) is 0 Å². The highest BCUT2D eigenvalue weighted by atomic mass is 16.5. The molecule has 7 aliphatic rings. The van der Waals surface area contributed by atoms with Gasteiger partial charge in [-0.3, -0.25) is 14.5 Å². The van der Waals surface area contributed by atoms with Crippen LogP contribution in [0.5, 0.6) is 0 Å². The number of piperidine rings is 1. The van der Waals surface area contributed by atoms with E-state index in [-0.39, 0.29) is 54.9 Å². The number of para-hydroxylation sites is 1. The minimum absolute atomic E-state index is 0.0667. The van der Waals surface area contributed by atoms with Crippen molar-refractivity contribution in [3.8, 4) is 0 Å². The fourth-order valence-corrected chi connectivity index (χ4v) is 13.2. The second-order valence-electron chi connectivity index (χ2n) is 16.1. The summed E-state index contributed by atoms with van der Waals surface area (Å²) in [5.74, 6) is -3.61. The molecule has 2 aliphatic heterocycles. The first kappa shape index (κ1) is 34.6. The van der Waals surface area contributed by atoms with Crippen LogP contribution in [-0.2, 0) is 33.3 Å². The van der Waals surface area contributed by atoms with Crippen LogP contribution in [0.4, 0.5) is 5.69 Å². The van der Waals surface area contributed by atoms with E-state index in [1.807, 2.05) is 6.92 Å². The second kappa shape index (κ2) is 11.3. The quantitative estimate of drug-likeness (QED) is 0.249. The number of fused-ring (bicyclic) bond motifs is 2. The van der Waals surface area contributed by atoms with Gasteiger partial charge in [-0.05, 0) is 37.9 Å². The van der Waals surface area contributed by atoms with Crippen LogP contribution in [0.3, 0.4) is 0 Å². The average molecular weight is 699 g/mol. The molecule has 14 atom stereocenters. The number of rotatable bonds is 9. The van der Waals surface area contributed by atoms with E-state index in [2.05, 4.69) is 4.90 Å². The second-order valence-corrected chi connectivity index (χ2v) is 16.1. The van der Waals surface area contributed by atoms with Crippen molar-refractivity contribution in [2.75, 3.05) is 53.0 Å². The smallest absolute Gasteiger partial charge is 0.340 e. The fourth-order valence-electron chi connectivity index (χ4n) is 13.2. The summed E-state index contributed by atoms with van der Waals surface area (Å²) in [7, 11) is 6.33. The summed E-state index contributed by atoms with van der Waals surface area (Å²) in [6.45, 7) is 4.48. The third-order valence-electron chi connectivity index (χ3n) is 14.6. The summed E-state index contributed by atoms with van der Waals surface area (Å²) in [5, 5.41) is 40.2. The van der Waals surface area contributed by atoms with Crippen LogP contribution in [0.2, 0.25) is 0 Å². The molecule has 5 saturated carbocycles. The number of esters is 1. The van der Waals surface area contributed by atoms with Gasteiger partial charge in [0.15, 0.2) is 0 Å². The number of hydrogen-bond acceptors (Lipinski definition) is 12. The Morgan fingerprint density at radius 3 is 2.32 bits per heavy atom. The minimum Gasteiger partial charge on any atom is -0.461 e. The van der Waals surface area contributed by atoms with Crippen LogP contribution in [0.15, 0.2) is 24.3 Å². The highest BCUT2D eigenvalue weighted by Gasteiger charge is 2.95. The van der Waals surface area contributed by atoms with Gasteiger partial charge in [-0.25, -0.2) is 9.69 Å². The fraction of sp³-hybridized carbons (Fsp3) is 0.757. The van der Waals surface area contributed by atoms with Crippen molar-refractivity contribution in [2.24, 2.45) is 34.5 Å². The van der Waals surface area contributed by atoms with E-state index in [0.29, 0.717) is 25.9 Å². The number of imide groups is 1. The van der Waals surface area contributed by atoms with Crippen molar-refractivity contribution >= 4 is 23.5 Å². The number of carbonyl (C=O) groups excluding carboxylic acids is 3. The molecule has 5 aliphatic carbocycles. The topological polar surface area (TPSA) is 165 Å². The number of likely N-dealkylation sites (tertiary alicyclic amines) is 1. The number of benzene rings is 1. The monoisotopic (exact) mass is 698 g/mol. The molecule has 8 rings (SSSR count). The van der Waals surface area contributed by atoms with Gasteiger partial charge in [0.2, 0.25) is 11.8 Å². The number of anilines is 1. The molecular weight excluding hydrogens is 648 g/mol. The molecule has 1 aromatic carbocycles. The molecule has 13 heteroatoms. The Morgan fingerprint density at radius 1 is 0.960 bits per heavy atom. The molecule has 0 aromatic heterocycles. The molecule has 3 N–H and O–H groups in total.